The normalized spacial score (nSPS) is 11.2. The summed E-state index contributed by atoms with van der Waals surface area (Å²) in [5.41, 5.74) is 1.10. The molecule has 94 valence electrons. The molecule has 1 aliphatic rings. The lowest BCUT2D eigenvalue weighted by atomic mass is 10.1. The van der Waals surface area contributed by atoms with Crippen LogP contribution < -0.4 is 4.74 Å². The third-order valence-electron chi connectivity index (χ3n) is 3.05. The summed E-state index contributed by atoms with van der Waals surface area (Å²) in [6.45, 7) is 0. The van der Waals surface area contributed by atoms with Crippen LogP contribution >= 0.6 is 0 Å². The Balaban J connectivity index is 2.36. The summed E-state index contributed by atoms with van der Waals surface area (Å²) in [6.07, 6.45) is 0. The third kappa shape index (κ3) is 1.39. The predicted octanol–water partition coefficient (Wildman–Crippen LogP) is 1.44. The molecule has 3 rings (SSSR count). The van der Waals surface area contributed by atoms with Crippen molar-refractivity contribution in [2.45, 2.75) is 0 Å². The standard InChI is InChI=1S/C14H6N4O2/c1-20-10-4-2-3-7-11(10)14(19)13-12(7)17-8(5-15)9(6-16)18-13/h2-4H,1H3. The minimum atomic E-state index is -0.346. The van der Waals surface area contributed by atoms with Crippen molar-refractivity contribution in [3.63, 3.8) is 0 Å². The summed E-state index contributed by atoms with van der Waals surface area (Å²) >= 11 is 0. The first kappa shape index (κ1) is 11.8. The quantitative estimate of drug-likeness (QED) is 0.657. The topological polar surface area (TPSA) is 99.7 Å². The Morgan fingerprint density at radius 1 is 1.10 bits per heavy atom. The van der Waals surface area contributed by atoms with Crippen LogP contribution in [0.1, 0.15) is 27.4 Å². The molecule has 0 spiro atoms. The minimum Gasteiger partial charge on any atom is -0.496 e. The Labute approximate surface area is 113 Å². The number of hydrogen-bond acceptors (Lipinski definition) is 6. The summed E-state index contributed by atoms with van der Waals surface area (Å²) in [7, 11) is 1.47. The number of carbonyl (C=O) groups is 1. The first-order chi connectivity index (χ1) is 9.71. The van der Waals surface area contributed by atoms with E-state index in [1.54, 1.807) is 24.3 Å². The van der Waals surface area contributed by atoms with Gasteiger partial charge in [0.05, 0.1) is 12.7 Å². The molecule has 1 aromatic heterocycles. The van der Waals surface area contributed by atoms with Gasteiger partial charge in [-0.25, -0.2) is 9.97 Å². The highest BCUT2D eigenvalue weighted by Crippen LogP contribution is 2.39. The zero-order valence-corrected chi connectivity index (χ0v) is 10.3. The first-order valence-electron chi connectivity index (χ1n) is 5.65. The van der Waals surface area contributed by atoms with Gasteiger partial charge >= 0.3 is 0 Å². The number of methoxy groups -OCH3 is 1. The van der Waals surface area contributed by atoms with Crippen molar-refractivity contribution < 1.29 is 9.53 Å². The van der Waals surface area contributed by atoms with Crippen molar-refractivity contribution >= 4 is 5.78 Å². The van der Waals surface area contributed by atoms with Gasteiger partial charge in [-0.05, 0) is 6.07 Å². The molecule has 1 heterocycles. The Bertz CT molecular complexity index is 843. The van der Waals surface area contributed by atoms with Crippen LogP contribution in [0, 0.1) is 22.7 Å². The van der Waals surface area contributed by atoms with E-state index in [0.29, 0.717) is 22.6 Å². The highest BCUT2D eigenvalue weighted by Gasteiger charge is 2.33. The van der Waals surface area contributed by atoms with E-state index in [2.05, 4.69) is 9.97 Å². The molecule has 1 aliphatic carbocycles. The number of benzene rings is 1. The van der Waals surface area contributed by atoms with Crippen LogP contribution in [0.25, 0.3) is 11.3 Å². The fourth-order valence-electron chi connectivity index (χ4n) is 2.19. The largest absolute Gasteiger partial charge is 0.496 e. The number of ketones is 1. The summed E-state index contributed by atoms with van der Waals surface area (Å²) in [5, 5.41) is 17.9. The molecule has 6 heteroatoms. The Hall–Kier alpha value is -3.25. The van der Waals surface area contributed by atoms with E-state index >= 15 is 0 Å². The molecule has 1 aromatic carbocycles. The maximum Gasteiger partial charge on any atom is 0.218 e. The van der Waals surface area contributed by atoms with E-state index in [4.69, 9.17) is 15.3 Å². The van der Waals surface area contributed by atoms with E-state index in [0.717, 1.165) is 0 Å². The van der Waals surface area contributed by atoms with E-state index < -0.39 is 0 Å². The summed E-state index contributed by atoms with van der Waals surface area (Å²) < 4.78 is 5.17. The predicted molar refractivity (Wildman–Crippen MR) is 66.9 cm³/mol. The Morgan fingerprint density at radius 2 is 1.75 bits per heavy atom. The van der Waals surface area contributed by atoms with E-state index in [1.807, 2.05) is 6.07 Å². The van der Waals surface area contributed by atoms with E-state index in [-0.39, 0.29) is 22.9 Å². The van der Waals surface area contributed by atoms with Crippen LogP contribution in [0.5, 0.6) is 5.75 Å². The van der Waals surface area contributed by atoms with E-state index in [9.17, 15) is 4.79 Å². The molecular formula is C14H6N4O2. The molecule has 0 atom stereocenters. The van der Waals surface area contributed by atoms with Gasteiger partial charge in [0.2, 0.25) is 5.78 Å². The zero-order chi connectivity index (χ0) is 14.3. The van der Waals surface area contributed by atoms with Gasteiger partial charge in [-0.15, -0.1) is 0 Å². The van der Waals surface area contributed by atoms with Gasteiger partial charge in [-0.3, -0.25) is 4.79 Å². The molecule has 20 heavy (non-hydrogen) atoms. The van der Waals surface area contributed by atoms with Crippen molar-refractivity contribution in [1.82, 2.24) is 9.97 Å². The molecule has 2 aromatic rings. The fourth-order valence-corrected chi connectivity index (χ4v) is 2.19. The minimum absolute atomic E-state index is 0.0834. The van der Waals surface area contributed by atoms with Crippen molar-refractivity contribution in [3.05, 3.63) is 40.8 Å². The van der Waals surface area contributed by atoms with Gasteiger partial charge in [0.25, 0.3) is 0 Å². The maximum atomic E-state index is 12.4. The summed E-state index contributed by atoms with van der Waals surface area (Å²) in [4.78, 5) is 20.4. The Kier molecular flexibility index (Phi) is 2.45. The van der Waals surface area contributed by atoms with Crippen LogP contribution in [0.15, 0.2) is 18.2 Å². The van der Waals surface area contributed by atoms with Crippen LogP contribution in [0.4, 0.5) is 0 Å². The summed E-state index contributed by atoms with van der Waals surface area (Å²) in [5.74, 6) is 0.0743. The van der Waals surface area contributed by atoms with Crippen LogP contribution in [-0.2, 0) is 0 Å². The lowest BCUT2D eigenvalue weighted by molar-refractivity contribution is 0.103. The van der Waals surface area contributed by atoms with Crippen LogP contribution in [0.3, 0.4) is 0 Å². The van der Waals surface area contributed by atoms with Crippen molar-refractivity contribution in [2.24, 2.45) is 0 Å². The number of carbonyl (C=O) groups excluding carboxylic acids is 1. The smallest absolute Gasteiger partial charge is 0.218 e. The molecule has 0 saturated carbocycles. The molecule has 0 radical (unpaired) electrons. The molecule has 0 N–H and O–H groups in total. The van der Waals surface area contributed by atoms with Crippen molar-refractivity contribution in [2.75, 3.05) is 7.11 Å². The molecule has 0 unspecified atom stereocenters. The average Bonchev–Trinajstić information content (AvgIpc) is 2.78. The molecule has 0 amide bonds. The molecule has 0 fully saturated rings. The highest BCUT2D eigenvalue weighted by molar-refractivity contribution is 6.21. The third-order valence-corrected chi connectivity index (χ3v) is 3.05. The number of aromatic nitrogens is 2. The number of rotatable bonds is 1. The van der Waals surface area contributed by atoms with Crippen LogP contribution in [-0.4, -0.2) is 22.9 Å². The van der Waals surface area contributed by atoms with Crippen molar-refractivity contribution in [3.8, 4) is 29.1 Å². The number of hydrogen-bond donors (Lipinski definition) is 0. The van der Waals surface area contributed by atoms with Crippen molar-refractivity contribution in [1.29, 1.82) is 10.5 Å². The lowest BCUT2D eigenvalue weighted by Crippen LogP contribution is -2.04. The second-order valence-electron chi connectivity index (χ2n) is 4.05. The van der Waals surface area contributed by atoms with Gasteiger partial charge in [0, 0.05) is 5.56 Å². The lowest BCUT2D eigenvalue weighted by Gasteiger charge is -2.04. The van der Waals surface area contributed by atoms with Crippen LogP contribution in [0.2, 0.25) is 0 Å². The maximum absolute atomic E-state index is 12.4. The number of fused-ring (bicyclic) bond motifs is 3. The number of ether oxygens (including phenoxy) is 1. The Morgan fingerprint density at radius 3 is 2.35 bits per heavy atom. The molecule has 0 bridgehead atoms. The first-order valence-corrected chi connectivity index (χ1v) is 5.65. The van der Waals surface area contributed by atoms with Gasteiger partial charge in [-0.1, -0.05) is 12.1 Å². The second-order valence-corrected chi connectivity index (χ2v) is 4.05. The fraction of sp³-hybridized carbons (Fsp3) is 0.0714. The van der Waals surface area contributed by atoms with Gasteiger partial charge < -0.3 is 4.74 Å². The molecule has 6 nitrogen and oxygen atoms in total. The van der Waals surface area contributed by atoms with Gasteiger partial charge in [0.15, 0.2) is 11.4 Å². The highest BCUT2D eigenvalue weighted by atomic mass is 16.5. The monoisotopic (exact) mass is 262 g/mol. The van der Waals surface area contributed by atoms with E-state index in [1.165, 1.54) is 7.11 Å². The summed E-state index contributed by atoms with van der Waals surface area (Å²) in [6, 6.07) is 8.69. The van der Waals surface area contributed by atoms with Gasteiger partial charge in [0.1, 0.15) is 29.3 Å². The molecule has 0 saturated heterocycles. The average molecular weight is 262 g/mol. The second kappa shape index (κ2) is 4.15. The zero-order valence-electron chi connectivity index (χ0n) is 10.3. The molecular weight excluding hydrogens is 256 g/mol. The number of nitriles is 2. The SMILES string of the molecule is COc1cccc2c1C(=O)c1nc(C#N)c(C#N)nc1-2. The van der Waals surface area contributed by atoms with Gasteiger partial charge in [-0.2, -0.15) is 10.5 Å². The number of nitrogens with zero attached hydrogens (tertiary/aromatic N) is 4. The molecule has 0 aliphatic heterocycles.